The highest BCUT2D eigenvalue weighted by molar-refractivity contribution is 5.93. The minimum atomic E-state index is -0.221. The molecule has 0 atom stereocenters. The van der Waals surface area contributed by atoms with Crippen LogP contribution < -0.4 is 15.6 Å². The molecule has 2 aromatic rings. The van der Waals surface area contributed by atoms with Gasteiger partial charge in [0.15, 0.2) is 0 Å². The first-order valence-electron chi connectivity index (χ1n) is 6.94. The van der Waals surface area contributed by atoms with Gasteiger partial charge in [-0.1, -0.05) is 12.1 Å². The number of aromatic nitrogens is 1. The van der Waals surface area contributed by atoms with Crippen LogP contribution in [0.25, 0.3) is 0 Å². The zero-order chi connectivity index (χ0) is 14.7. The molecule has 0 saturated heterocycles. The van der Waals surface area contributed by atoms with Crippen LogP contribution in [0, 0.1) is 0 Å². The molecule has 0 aliphatic carbocycles. The number of hydrogen-bond donors (Lipinski definition) is 2. The Morgan fingerprint density at radius 2 is 2.19 bits per heavy atom. The first-order chi connectivity index (χ1) is 10.2. The highest BCUT2D eigenvalue weighted by Gasteiger charge is 2.11. The van der Waals surface area contributed by atoms with E-state index >= 15 is 0 Å². The highest BCUT2D eigenvalue weighted by Crippen LogP contribution is 2.25. The lowest BCUT2D eigenvalue weighted by molar-refractivity contribution is 0.0950. The number of amides is 1. The third kappa shape index (κ3) is 3.13. The van der Waals surface area contributed by atoms with Gasteiger partial charge in [-0.25, -0.2) is 0 Å². The summed E-state index contributed by atoms with van der Waals surface area (Å²) in [4.78, 5) is 25.4. The van der Waals surface area contributed by atoms with E-state index in [2.05, 4.69) is 16.4 Å². The second kappa shape index (κ2) is 5.83. The lowest BCUT2D eigenvalue weighted by Gasteiger charge is -2.18. The summed E-state index contributed by atoms with van der Waals surface area (Å²) in [6.07, 6.45) is 3.45. The smallest absolute Gasteiger partial charge is 0.253 e. The normalized spacial score (nSPS) is 13.1. The Bertz CT molecular complexity index is 701. The summed E-state index contributed by atoms with van der Waals surface area (Å²) in [5, 5.41) is 2.84. The molecule has 2 heterocycles. The lowest BCUT2D eigenvalue weighted by Crippen LogP contribution is -2.23. The fourth-order valence-corrected chi connectivity index (χ4v) is 2.36. The van der Waals surface area contributed by atoms with Crippen molar-refractivity contribution in [3.63, 3.8) is 0 Å². The number of rotatable bonds is 3. The van der Waals surface area contributed by atoms with E-state index in [0.29, 0.717) is 12.1 Å². The van der Waals surface area contributed by atoms with Crippen molar-refractivity contribution < 1.29 is 9.53 Å². The number of nitrogens with one attached hydrogen (secondary N) is 2. The summed E-state index contributed by atoms with van der Waals surface area (Å²) < 4.78 is 5.56. The lowest BCUT2D eigenvalue weighted by atomic mass is 10.0. The molecule has 3 rings (SSSR count). The van der Waals surface area contributed by atoms with E-state index in [4.69, 9.17) is 4.74 Å². The van der Waals surface area contributed by atoms with Crippen molar-refractivity contribution in [1.82, 2.24) is 10.3 Å². The molecule has 0 bridgehead atoms. The van der Waals surface area contributed by atoms with Crippen molar-refractivity contribution in [3.05, 3.63) is 63.6 Å². The Kier molecular flexibility index (Phi) is 3.73. The SMILES string of the molecule is O=C(NCc1ccc2c(c1)CCCO2)c1ccc(=O)[nH]c1. The quantitative estimate of drug-likeness (QED) is 0.900. The van der Waals surface area contributed by atoms with Gasteiger partial charge >= 0.3 is 0 Å². The molecule has 5 nitrogen and oxygen atoms in total. The van der Waals surface area contributed by atoms with Crippen molar-refractivity contribution in [2.45, 2.75) is 19.4 Å². The van der Waals surface area contributed by atoms with Crippen LogP contribution >= 0.6 is 0 Å². The standard InChI is InChI=1S/C16H16N2O3/c19-15-6-4-13(10-17-15)16(20)18-9-11-3-5-14-12(8-11)2-1-7-21-14/h3-6,8,10H,1-2,7,9H2,(H,17,19)(H,18,20). The Labute approximate surface area is 122 Å². The van der Waals surface area contributed by atoms with Crippen molar-refractivity contribution >= 4 is 5.91 Å². The molecule has 1 aliphatic heterocycles. The Morgan fingerprint density at radius 3 is 3.00 bits per heavy atom. The van der Waals surface area contributed by atoms with E-state index in [-0.39, 0.29) is 11.5 Å². The maximum Gasteiger partial charge on any atom is 0.253 e. The number of hydrogen-bond acceptors (Lipinski definition) is 3. The molecule has 0 saturated carbocycles. The zero-order valence-corrected chi connectivity index (χ0v) is 11.5. The number of fused-ring (bicyclic) bond motifs is 1. The largest absolute Gasteiger partial charge is 0.493 e. The van der Waals surface area contributed by atoms with Crippen LogP contribution in [0.1, 0.15) is 27.9 Å². The topological polar surface area (TPSA) is 71.2 Å². The van der Waals surface area contributed by atoms with Gasteiger partial charge in [0.05, 0.1) is 12.2 Å². The van der Waals surface area contributed by atoms with Gasteiger partial charge in [0, 0.05) is 18.8 Å². The van der Waals surface area contributed by atoms with Crippen molar-refractivity contribution in [2.24, 2.45) is 0 Å². The third-order valence-corrected chi connectivity index (χ3v) is 3.47. The first-order valence-corrected chi connectivity index (χ1v) is 6.94. The van der Waals surface area contributed by atoms with E-state index in [1.807, 2.05) is 12.1 Å². The predicted octanol–water partition coefficient (Wildman–Crippen LogP) is 1.63. The number of H-pyrrole nitrogens is 1. The molecule has 1 aromatic carbocycles. The Balaban J connectivity index is 1.66. The number of carbonyl (C=O) groups excluding carboxylic acids is 1. The van der Waals surface area contributed by atoms with Crippen LogP contribution in [-0.4, -0.2) is 17.5 Å². The van der Waals surface area contributed by atoms with Gasteiger partial charge in [-0.05, 0) is 36.1 Å². The minimum absolute atomic E-state index is 0.208. The molecule has 0 radical (unpaired) electrons. The molecule has 0 fully saturated rings. The van der Waals surface area contributed by atoms with E-state index in [9.17, 15) is 9.59 Å². The third-order valence-electron chi connectivity index (χ3n) is 3.47. The second-order valence-electron chi connectivity index (χ2n) is 5.02. The van der Waals surface area contributed by atoms with E-state index in [0.717, 1.165) is 30.8 Å². The fourth-order valence-electron chi connectivity index (χ4n) is 2.36. The van der Waals surface area contributed by atoms with Crippen LogP contribution in [0.2, 0.25) is 0 Å². The summed E-state index contributed by atoms with van der Waals surface area (Å²) in [5.41, 5.74) is 2.45. The molecule has 108 valence electrons. The summed E-state index contributed by atoms with van der Waals surface area (Å²) in [6, 6.07) is 8.83. The fraction of sp³-hybridized carbons (Fsp3) is 0.250. The number of aryl methyl sites for hydroxylation is 1. The van der Waals surface area contributed by atoms with E-state index in [1.165, 1.54) is 23.9 Å². The first kappa shape index (κ1) is 13.4. The van der Waals surface area contributed by atoms with Crippen LogP contribution in [0.5, 0.6) is 5.75 Å². The van der Waals surface area contributed by atoms with Crippen molar-refractivity contribution in [1.29, 1.82) is 0 Å². The van der Waals surface area contributed by atoms with Gasteiger partial charge in [0.25, 0.3) is 5.91 Å². The number of ether oxygens (including phenoxy) is 1. The van der Waals surface area contributed by atoms with E-state index in [1.54, 1.807) is 0 Å². The average molecular weight is 284 g/mol. The van der Waals surface area contributed by atoms with Gasteiger partial charge in [-0.15, -0.1) is 0 Å². The number of aromatic amines is 1. The molecular formula is C16H16N2O3. The minimum Gasteiger partial charge on any atom is -0.493 e. The summed E-state index contributed by atoms with van der Waals surface area (Å²) >= 11 is 0. The summed E-state index contributed by atoms with van der Waals surface area (Å²) in [7, 11) is 0. The van der Waals surface area contributed by atoms with Gasteiger partial charge in [0.1, 0.15) is 5.75 Å². The van der Waals surface area contributed by atoms with Gasteiger partial charge in [0.2, 0.25) is 5.56 Å². The molecule has 0 unspecified atom stereocenters. The molecule has 21 heavy (non-hydrogen) atoms. The van der Waals surface area contributed by atoms with E-state index < -0.39 is 0 Å². The number of carbonyl (C=O) groups is 1. The molecule has 1 aromatic heterocycles. The van der Waals surface area contributed by atoms with Gasteiger partial charge in [-0.3, -0.25) is 9.59 Å². The maximum absolute atomic E-state index is 12.0. The van der Waals surface area contributed by atoms with Crippen molar-refractivity contribution in [2.75, 3.05) is 6.61 Å². The van der Waals surface area contributed by atoms with Gasteiger partial charge in [-0.2, -0.15) is 0 Å². The zero-order valence-electron chi connectivity index (χ0n) is 11.5. The van der Waals surface area contributed by atoms with Crippen LogP contribution in [-0.2, 0) is 13.0 Å². The predicted molar refractivity (Wildman–Crippen MR) is 78.5 cm³/mol. The van der Waals surface area contributed by atoms with Crippen LogP contribution in [0.3, 0.4) is 0 Å². The monoisotopic (exact) mass is 284 g/mol. The summed E-state index contributed by atoms with van der Waals surface area (Å²) in [6.45, 7) is 1.22. The molecular weight excluding hydrogens is 268 g/mol. The highest BCUT2D eigenvalue weighted by atomic mass is 16.5. The average Bonchev–Trinajstić information content (AvgIpc) is 2.53. The number of pyridine rings is 1. The Hall–Kier alpha value is -2.56. The second-order valence-corrected chi connectivity index (χ2v) is 5.02. The molecule has 1 amide bonds. The van der Waals surface area contributed by atoms with Crippen LogP contribution in [0.4, 0.5) is 0 Å². The summed E-state index contributed by atoms with van der Waals surface area (Å²) in [5.74, 6) is 0.734. The Morgan fingerprint density at radius 1 is 1.29 bits per heavy atom. The molecule has 1 aliphatic rings. The molecule has 2 N–H and O–H groups in total. The van der Waals surface area contributed by atoms with Gasteiger partial charge < -0.3 is 15.0 Å². The number of benzene rings is 1. The maximum atomic E-state index is 12.0. The van der Waals surface area contributed by atoms with Crippen LogP contribution in [0.15, 0.2) is 41.3 Å². The molecule has 5 heteroatoms. The molecule has 0 spiro atoms. The van der Waals surface area contributed by atoms with Crippen molar-refractivity contribution in [3.8, 4) is 5.75 Å².